The van der Waals surface area contributed by atoms with E-state index in [1.165, 1.54) is 12.8 Å². The van der Waals surface area contributed by atoms with Gasteiger partial charge in [-0.2, -0.15) is 0 Å². The number of halogens is 1. The van der Waals surface area contributed by atoms with Crippen LogP contribution in [0.3, 0.4) is 0 Å². The van der Waals surface area contributed by atoms with Crippen molar-refractivity contribution in [1.82, 2.24) is 24.8 Å². The van der Waals surface area contributed by atoms with Gasteiger partial charge in [0.15, 0.2) is 5.65 Å². The number of carbonyl (C=O) groups excluding carboxylic acids is 1. The Balaban J connectivity index is 1.31. The van der Waals surface area contributed by atoms with Gasteiger partial charge in [0.25, 0.3) is 5.91 Å². The summed E-state index contributed by atoms with van der Waals surface area (Å²) in [6.45, 7) is 4.38. The number of imidazole rings is 1. The molecule has 0 spiro atoms. The molecule has 3 aromatic rings. The number of alkyl halides is 1. The lowest BCUT2D eigenvalue weighted by atomic mass is 10.1. The Kier molecular flexibility index (Phi) is 5.78. The van der Waals surface area contributed by atoms with E-state index < -0.39 is 6.17 Å². The van der Waals surface area contributed by atoms with Crippen LogP contribution in [0, 0.1) is 5.92 Å². The normalized spacial score (nSPS) is 20.6. The zero-order valence-electron chi connectivity index (χ0n) is 18.3. The zero-order chi connectivity index (χ0) is 22.1. The van der Waals surface area contributed by atoms with E-state index in [-0.39, 0.29) is 11.9 Å². The number of benzene rings is 1. The molecule has 1 saturated carbocycles. The van der Waals surface area contributed by atoms with Crippen molar-refractivity contribution in [3.05, 3.63) is 48.2 Å². The lowest BCUT2D eigenvalue weighted by Crippen LogP contribution is -2.41. The van der Waals surface area contributed by atoms with Crippen molar-refractivity contribution in [3.8, 4) is 11.3 Å². The predicted octanol–water partition coefficient (Wildman–Crippen LogP) is 3.38. The number of hydrogen-bond acceptors (Lipinski definition) is 5. The molecule has 0 bridgehead atoms. The summed E-state index contributed by atoms with van der Waals surface area (Å²) < 4.78 is 15.3. The monoisotopic (exact) mass is 436 g/mol. The maximum atomic E-state index is 13.5. The fourth-order valence-corrected chi connectivity index (χ4v) is 4.23. The minimum atomic E-state index is -0.823. The summed E-state index contributed by atoms with van der Waals surface area (Å²) in [5, 5.41) is 11.3. The first kappa shape index (κ1) is 20.9. The van der Waals surface area contributed by atoms with Gasteiger partial charge in [-0.25, -0.2) is 13.9 Å². The van der Waals surface area contributed by atoms with Crippen LogP contribution in [-0.2, 0) is 0 Å². The van der Waals surface area contributed by atoms with Crippen molar-refractivity contribution in [2.75, 3.05) is 31.5 Å². The SMILES string of the molecule is CCN(C[C@@H]1C[C@@H](F)CN1)C(=O)c1ccc(-c2cnc3ccc(NCC4CC4)nn23)cc1. The summed E-state index contributed by atoms with van der Waals surface area (Å²) in [4.78, 5) is 19.2. The topological polar surface area (TPSA) is 74.6 Å². The van der Waals surface area contributed by atoms with E-state index in [9.17, 15) is 9.18 Å². The molecular weight excluding hydrogens is 407 g/mol. The Morgan fingerprint density at radius 2 is 2.06 bits per heavy atom. The van der Waals surface area contributed by atoms with Gasteiger partial charge in [-0.3, -0.25) is 4.79 Å². The second-order valence-corrected chi connectivity index (χ2v) is 8.82. The highest BCUT2D eigenvalue weighted by molar-refractivity contribution is 5.94. The summed E-state index contributed by atoms with van der Waals surface area (Å²) >= 11 is 0. The molecule has 1 saturated heterocycles. The largest absolute Gasteiger partial charge is 0.368 e. The van der Waals surface area contributed by atoms with E-state index in [1.807, 2.05) is 47.8 Å². The molecule has 1 aliphatic carbocycles. The number of rotatable bonds is 8. The van der Waals surface area contributed by atoms with Crippen LogP contribution in [-0.4, -0.2) is 63.8 Å². The average Bonchev–Trinajstić information content (AvgIpc) is 3.42. The standard InChI is InChI=1S/C24H29FN6O/c1-2-30(15-20-11-19(25)13-26-20)24(32)18-7-5-17(6-8-18)21-14-28-23-10-9-22(29-31(21)23)27-12-16-3-4-16/h5-10,14,16,19-20,26H,2-4,11-13,15H2,1H3,(H,27,29)/t19-,20+/m1/s1. The molecule has 3 heterocycles. The van der Waals surface area contributed by atoms with Crippen LogP contribution in [0.2, 0.25) is 0 Å². The summed E-state index contributed by atoms with van der Waals surface area (Å²) in [5.74, 6) is 1.57. The van der Waals surface area contributed by atoms with Crippen molar-refractivity contribution >= 4 is 17.4 Å². The van der Waals surface area contributed by atoms with Crippen LogP contribution in [0.4, 0.5) is 10.2 Å². The van der Waals surface area contributed by atoms with Crippen LogP contribution in [0.5, 0.6) is 0 Å². The van der Waals surface area contributed by atoms with Gasteiger partial charge in [0.2, 0.25) is 0 Å². The molecule has 2 fully saturated rings. The van der Waals surface area contributed by atoms with Gasteiger partial charge in [-0.15, -0.1) is 5.10 Å². The molecular formula is C24H29FN6O. The number of fused-ring (bicyclic) bond motifs is 1. The number of nitrogens with zero attached hydrogens (tertiary/aromatic N) is 4. The zero-order valence-corrected chi connectivity index (χ0v) is 18.3. The van der Waals surface area contributed by atoms with Crippen molar-refractivity contribution < 1.29 is 9.18 Å². The Labute approximate surface area is 187 Å². The summed E-state index contributed by atoms with van der Waals surface area (Å²) in [7, 11) is 0. The third-order valence-corrected chi connectivity index (χ3v) is 6.34. The van der Waals surface area contributed by atoms with E-state index in [0.29, 0.717) is 31.6 Å². The molecule has 1 aromatic carbocycles. The van der Waals surface area contributed by atoms with E-state index in [4.69, 9.17) is 5.10 Å². The Morgan fingerprint density at radius 3 is 2.75 bits per heavy atom. The summed E-state index contributed by atoms with van der Waals surface area (Å²) in [6, 6.07) is 11.5. The maximum absolute atomic E-state index is 13.5. The minimum absolute atomic E-state index is 0.0140. The van der Waals surface area contributed by atoms with Gasteiger partial charge in [0, 0.05) is 43.3 Å². The number of hydrogen-bond donors (Lipinski definition) is 2. The first-order valence-electron chi connectivity index (χ1n) is 11.5. The van der Waals surface area contributed by atoms with E-state index in [2.05, 4.69) is 15.6 Å². The third-order valence-electron chi connectivity index (χ3n) is 6.34. The number of amides is 1. The maximum Gasteiger partial charge on any atom is 0.253 e. The number of anilines is 1. The quantitative estimate of drug-likeness (QED) is 0.566. The van der Waals surface area contributed by atoms with Gasteiger partial charge in [0.1, 0.15) is 12.0 Å². The smallest absolute Gasteiger partial charge is 0.253 e. The average molecular weight is 437 g/mol. The predicted molar refractivity (Wildman–Crippen MR) is 123 cm³/mol. The number of nitrogens with one attached hydrogen (secondary N) is 2. The molecule has 8 heteroatoms. The first-order valence-corrected chi connectivity index (χ1v) is 11.5. The molecule has 168 valence electrons. The third kappa shape index (κ3) is 4.46. The van der Waals surface area contributed by atoms with Crippen LogP contribution in [0.15, 0.2) is 42.6 Å². The van der Waals surface area contributed by atoms with Gasteiger partial charge in [-0.05, 0) is 56.4 Å². The highest BCUT2D eigenvalue weighted by Crippen LogP contribution is 2.29. The number of carbonyl (C=O) groups is 1. The molecule has 2 aliphatic rings. The lowest BCUT2D eigenvalue weighted by Gasteiger charge is -2.24. The molecule has 1 aliphatic heterocycles. The van der Waals surface area contributed by atoms with Gasteiger partial charge in [-0.1, -0.05) is 12.1 Å². The molecule has 0 radical (unpaired) electrons. The molecule has 2 N–H and O–H groups in total. The van der Waals surface area contributed by atoms with Crippen molar-refractivity contribution in [1.29, 1.82) is 0 Å². The Bertz CT molecular complexity index is 1090. The second kappa shape index (κ2) is 8.86. The summed E-state index contributed by atoms with van der Waals surface area (Å²) in [5.41, 5.74) is 3.23. The van der Waals surface area contributed by atoms with Crippen LogP contribution >= 0.6 is 0 Å². The molecule has 7 nitrogen and oxygen atoms in total. The van der Waals surface area contributed by atoms with Gasteiger partial charge in [0.05, 0.1) is 11.9 Å². The second-order valence-electron chi connectivity index (χ2n) is 8.82. The first-order chi connectivity index (χ1) is 15.6. The number of aromatic nitrogens is 3. The van der Waals surface area contributed by atoms with E-state index >= 15 is 0 Å². The highest BCUT2D eigenvalue weighted by atomic mass is 19.1. The Hall–Kier alpha value is -3.00. The molecule has 2 atom stereocenters. The molecule has 0 unspecified atom stereocenters. The van der Waals surface area contributed by atoms with Crippen LogP contribution < -0.4 is 10.6 Å². The van der Waals surface area contributed by atoms with Crippen molar-refractivity contribution in [3.63, 3.8) is 0 Å². The summed E-state index contributed by atoms with van der Waals surface area (Å²) in [6.07, 6.45) is 4.03. The fourth-order valence-electron chi connectivity index (χ4n) is 4.23. The van der Waals surface area contributed by atoms with E-state index in [1.54, 1.807) is 11.1 Å². The number of likely N-dealkylation sites (N-methyl/N-ethyl adjacent to an activating group) is 1. The Morgan fingerprint density at radius 1 is 1.25 bits per heavy atom. The van der Waals surface area contributed by atoms with Crippen molar-refractivity contribution in [2.45, 2.75) is 38.4 Å². The lowest BCUT2D eigenvalue weighted by molar-refractivity contribution is 0.0750. The van der Waals surface area contributed by atoms with E-state index in [0.717, 1.165) is 35.2 Å². The molecule has 2 aromatic heterocycles. The van der Waals surface area contributed by atoms with Crippen molar-refractivity contribution in [2.24, 2.45) is 5.92 Å². The fraction of sp³-hybridized carbons (Fsp3) is 0.458. The van der Waals surface area contributed by atoms with Gasteiger partial charge < -0.3 is 15.5 Å². The minimum Gasteiger partial charge on any atom is -0.368 e. The van der Waals surface area contributed by atoms with Gasteiger partial charge >= 0.3 is 0 Å². The van der Waals surface area contributed by atoms with Crippen LogP contribution in [0.25, 0.3) is 16.9 Å². The molecule has 32 heavy (non-hydrogen) atoms. The molecule has 1 amide bonds. The highest BCUT2D eigenvalue weighted by Gasteiger charge is 2.27. The molecule has 5 rings (SSSR count). The van der Waals surface area contributed by atoms with Crippen LogP contribution in [0.1, 0.15) is 36.5 Å².